The van der Waals surface area contributed by atoms with E-state index in [1.165, 1.54) is 19.3 Å². The predicted octanol–water partition coefficient (Wildman–Crippen LogP) is 2.39. The quantitative estimate of drug-likeness (QED) is 0.885. The van der Waals surface area contributed by atoms with E-state index in [9.17, 15) is 9.90 Å². The highest BCUT2D eigenvalue weighted by Gasteiger charge is 2.29. The van der Waals surface area contributed by atoms with Crippen molar-refractivity contribution < 1.29 is 9.90 Å². The lowest BCUT2D eigenvalue weighted by Gasteiger charge is -2.23. The molecule has 0 saturated heterocycles. The molecule has 0 radical (unpaired) electrons. The van der Waals surface area contributed by atoms with E-state index in [1.54, 1.807) is 4.68 Å². The highest BCUT2D eigenvalue weighted by molar-refractivity contribution is 5.71. The minimum Gasteiger partial charge on any atom is -0.480 e. The summed E-state index contributed by atoms with van der Waals surface area (Å²) in [5.41, 5.74) is 0. The van der Waals surface area contributed by atoms with E-state index in [0.29, 0.717) is 18.3 Å². The fraction of sp³-hybridized carbons (Fsp3) is 0.846. The van der Waals surface area contributed by atoms with E-state index in [1.807, 2.05) is 13.8 Å². The molecule has 6 nitrogen and oxygen atoms in total. The number of carbonyl (C=O) groups is 1. The van der Waals surface area contributed by atoms with Crippen LogP contribution in [-0.2, 0) is 4.79 Å². The average Bonchev–Trinajstić information content (AvgIpc) is 2.85. The van der Waals surface area contributed by atoms with Gasteiger partial charge in [-0.1, -0.05) is 33.1 Å². The molecule has 6 heteroatoms. The Morgan fingerprint density at radius 1 is 1.37 bits per heavy atom. The molecule has 0 spiro atoms. The Labute approximate surface area is 113 Å². The Morgan fingerprint density at radius 3 is 2.63 bits per heavy atom. The van der Waals surface area contributed by atoms with Gasteiger partial charge in [-0.25, -0.2) is 9.48 Å². The predicted molar refractivity (Wildman–Crippen MR) is 69.8 cm³/mol. The third kappa shape index (κ3) is 3.30. The summed E-state index contributed by atoms with van der Waals surface area (Å²) in [5, 5.41) is 21.1. The molecule has 2 rings (SSSR count). The second-order valence-corrected chi connectivity index (χ2v) is 5.80. The molecule has 1 aromatic heterocycles. The van der Waals surface area contributed by atoms with Gasteiger partial charge in [0.2, 0.25) is 0 Å². The smallest absolute Gasteiger partial charge is 0.328 e. The van der Waals surface area contributed by atoms with E-state index in [2.05, 4.69) is 15.5 Å². The minimum atomic E-state index is -0.849. The maximum Gasteiger partial charge on any atom is 0.328 e. The normalized spacial score (nSPS) is 18.7. The Morgan fingerprint density at radius 2 is 2.05 bits per heavy atom. The van der Waals surface area contributed by atoms with Crippen LogP contribution in [0.1, 0.15) is 70.2 Å². The molecule has 19 heavy (non-hydrogen) atoms. The number of aliphatic carboxylic acids is 1. The molecule has 1 unspecified atom stereocenters. The van der Waals surface area contributed by atoms with Gasteiger partial charge < -0.3 is 5.11 Å². The van der Waals surface area contributed by atoms with Crippen molar-refractivity contribution in [3.63, 3.8) is 0 Å². The Bertz CT molecular complexity index is 424. The van der Waals surface area contributed by atoms with Gasteiger partial charge in [-0.05, 0) is 35.6 Å². The zero-order valence-electron chi connectivity index (χ0n) is 11.6. The second kappa shape index (κ2) is 6.12. The maximum atomic E-state index is 11.5. The fourth-order valence-corrected chi connectivity index (χ4v) is 2.80. The zero-order valence-corrected chi connectivity index (χ0v) is 11.6. The van der Waals surface area contributed by atoms with Crippen LogP contribution in [0, 0.1) is 5.92 Å². The number of carboxylic acid groups (broad SMARTS) is 1. The zero-order chi connectivity index (χ0) is 13.8. The van der Waals surface area contributed by atoms with E-state index in [4.69, 9.17) is 0 Å². The Kier molecular flexibility index (Phi) is 4.50. The van der Waals surface area contributed by atoms with Crippen LogP contribution in [0.5, 0.6) is 0 Å². The average molecular weight is 266 g/mol. The first-order chi connectivity index (χ1) is 9.09. The molecular weight excluding hydrogens is 244 g/mol. The van der Waals surface area contributed by atoms with Crippen LogP contribution < -0.4 is 0 Å². The largest absolute Gasteiger partial charge is 0.480 e. The van der Waals surface area contributed by atoms with Crippen LogP contribution in [0.2, 0.25) is 0 Å². The lowest BCUT2D eigenvalue weighted by Crippen LogP contribution is -2.25. The summed E-state index contributed by atoms with van der Waals surface area (Å²) >= 11 is 0. The molecule has 0 bridgehead atoms. The molecular formula is C13H22N4O2. The van der Waals surface area contributed by atoms with Crippen LogP contribution in [-0.4, -0.2) is 31.3 Å². The Balaban J connectivity index is 2.22. The fourth-order valence-electron chi connectivity index (χ4n) is 2.80. The van der Waals surface area contributed by atoms with Crippen LogP contribution in [0.3, 0.4) is 0 Å². The number of carboxylic acids is 1. The van der Waals surface area contributed by atoms with Gasteiger partial charge in [0.15, 0.2) is 11.9 Å². The van der Waals surface area contributed by atoms with E-state index < -0.39 is 12.0 Å². The summed E-state index contributed by atoms with van der Waals surface area (Å²) in [6.07, 6.45) is 6.30. The van der Waals surface area contributed by atoms with Gasteiger partial charge in [0.25, 0.3) is 0 Å². The third-order valence-electron chi connectivity index (χ3n) is 3.76. The van der Waals surface area contributed by atoms with Crippen molar-refractivity contribution in [2.24, 2.45) is 5.92 Å². The highest BCUT2D eigenvalue weighted by Crippen LogP contribution is 2.32. The van der Waals surface area contributed by atoms with E-state index >= 15 is 0 Å². The summed E-state index contributed by atoms with van der Waals surface area (Å²) in [6.45, 7) is 4.03. The lowest BCUT2D eigenvalue weighted by molar-refractivity contribution is -0.141. The summed E-state index contributed by atoms with van der Waals surface area (Å²) in [7, 11) is 0. The lowest BCUT2D eigenvalue weighted by atomic mass is 9.88. The highest BCUT2D eigenvalue weighted by atomic mass is 16.4. The molecule has 0 amide bonds. The minimum absolute atomic E-state index is 0.296. The number of hydrogen-bond acceptors (Lipinski definition) is 4. The van der Waals surface area contributed by atoms with Crippen molar-refractivity contribution >= 4 is 5.97 Å². The topological polar surface area (TPSA) is 80.9 Å². The number of hydrogen-bond donors (Lipinski definition) is 1. The van der Waals surface area contributed by atoms with Gasteiger partial charge in [-0.15, -0.1) is 5.10 Å². The molecule has 1 fully saturated rings. The van der Waals surface area contributed by atoms with Gasteiger partial charge in [0.1, 0.15) is 0 Å². The first-order valence-electron chi connectivity index (χ1n) is 7.10. The van der Waals surface area contributed by atoms with Gasteiger partial charge in [-0.2, -0.15) is 0 Å². The van der Waals surface area contributed by atoms with E-state index in [-0.39, 0.29) is 0 Å². The summed E-state index contributed by atoms with van der Waals surface area (Å²) in [4.78, 5) is 11.5. The Hall–Kier alpha value is -1.46. The molecule has 106 valence electrons. The second-order valence-electron chi connectivity index (χ2n) is 5.80. The van der Waals surface area contributed by atoms with Crippen molar-refractivity contribution in [3.8, 4) is 0 Å². The molecule has 1 aliphatic carbocycles. The van der Waals surface area contributed by atoms with Crippen molar-refractivity contribution in [3.05, 3.63) is 5.82 Å². The molecule has 1 heterocycles. The van der Waals surface area contributed by atoms with Crippen LogP contribution in [0.25, 0.3) is 0 Å². The standard InChI is InChI=1S/C13H22N4O2/c1-9(2)8-11(13(18)19)17-12(14-15-16-17)10-6-4-3-5-7-10/h9-11H,3-8H2,1-2H3,(H,18,19). The summed E-state index contributed by atoms with van der Waals surface area (Å²) in [6, 6.07) is -0.646. The third-order valence-corrected chi connectivity index (χ3v) is 3.76. The number of aromatic nitrogens is 4. The van der Waals surface area contributed by atoms with Crippen LogP contribution in [0.4, 0.5) is 0 Å². The number of rotatable bonds is 5. The molecule has 0 aromatic carbocycles. The molecule has 1 aliphatic rings. The van der Waals surface area contributed by atoms with Crippen molar-refractivity contribution in [1.82, 2.24) is 20.2 Å². The van der Waals surface area contributed by atoms with Crippen molar-refractivity contribution in [2.75, 3.05) is 0 Å². The van der Waals surface area contributed by atoms with Crippen LogP contribution in [0.15, 0.2) is 0 Å². The molecule has 1 atom stereocenters. The van der Waals surface area contributed by atoms with Gasteiger partial charge in [0, 0.05) is 5.92 Å². The SMILES string of the molecule is CC(C)CC(C(=O)O)n1nnnc1C1CCCCC1. The monoisotopic (exact) mass is 266 g/mol. The van der Waals surface area contributed by atoms with Gasteiger partial charge in [0.05, 0.1) is 0 Å². The summed E-state index contributed by atoms with van der Waals surface area (Å²) < 4.78 is 1.54. The number of tetrazole rings is 1. The maximum absolute atomic E-state index is 11.5. The van der Waals surface area contributed by atoms with Crippen molar-refractivity contribution in [1.29, 1.82) is 0 Å². The number of nitrogens with zero attached hydrogens (tertiary/aromatic N) is 4. The van der Waals surface area contributed by atoms with Crippen molar-refractivity contribution in [2.45, 2.75) is 64.3 Å². The summed E-state index contributed by atoms with van der Waals surface area (Å²) in [5.74, 6) is 0.521. The van der Waals surface area contributed by atoms with E-state index in [0.717, 1.165) is 18.7 Å². The van der Waals surface area contributed by atoms with Gasteiger partial charge in [-0.3, -0.25) is 0 Å². The molecule has 1 N–H and O–H groups in total. The first kappa shape index (κ1) is 14.0. The van der Waals surface area contributed by atoms with Gasteiger partial charge >= 0.3 is 5.97 Å². The molecule has 1 saturated carbocycles. The van der Waals surface area contributed by atoms with Crippen LogP contribution >= 0.6 is 0 Å². The first-order valence-corrected chi connectivity index (χ1v) is 7.10. The molecule has 1 aromatic rings. The molecule has 0 aliphatic heterocycles.